The van der Waals surface area contributed by atoms with Gasteiger partial charge in [-0.3, -0.25) is 9.10 Å². The topological polar surface area (TPSA) is 75.7 Å². The van der Waals surface area contributed by atoms with Crippen LogP contribution in [-0.4, -0.2) is 28.0 Å². The first-order valence-electron chi connectivity index (χ1n) is 9.39. The molecule has 3 aromatic rings. The van der Waals surface area contributed by atoms with Gasteiger partial charge in [-0.25, -0.2) is 8.42 Å². The number of aryl methyl sites for hydroxylation is 2. The number of methoxy groups -OCH3 is 1. The third-order valence-electron chi connectivity index (χ3n) is 4.49. The van der Waals surface area contributed by atoms with E-state index in [0.717, 1.165) is 15.4 Å². The van der Waals surface area contributed by atoms with E-state index in [1.165, 1.54) is 12.1 Å². The molecule has 3 rings (SSSR count). The Morgan fingerprint density at radius 1 is 0.933 bits per heavy atom. The van der Waals surface area contributed by atoms with Crippen molar-refractivity contribution in [2.45, 2.75) is 18.7 Å². The first-order chi connectivity index (χ1) is 14.3. The number of sulfonamides is 1. The lowest BCUT2D eigenvalue weighted by molar-refractivity contribution is -0.114. The van der Waals surface area contributed by atoms with Crippen molar-refractivity contribution in [1.29, 1.82) is 0 Å². The number of nitrogens with one attached hydrogen (secondary N) is 1. The second-order valence-electron chi connectivity index (χ2n) is 6.95. The van der Waals surface area contributed by atoms with Gasteiger partial charge in [0.15, 0.2) is 0 Å². The van der Waals surface area contributed by atoms with E-state index in [2.05, 4.69) is 5.32 Å². The maximum atomic E-state index is 13.4. The average molecular weight is 425 g/mol. The molecule has 0 spiro atoms. The first kappa shape index (κ1) is 21.4. The summed E-state index contributed by atoms with van der Waals surface area (Å²) in [5.41, 5.74) is 2.82. The fraction of sp³-hybridized carbons (Fsp3) is 0.174. The van der Waals surface area contributed by atoms with Gasteiger partial charge in [0.1, 0.15) is 12.3 Å². The van der Waals surface area contributed by atoms with Crippen LogP contribution in [0, 0.1) is 13.8 Å². The number of carbonyl (C=O) groups is 1. The van der Waals surface area contributed by atoms with Crippen molar-refractivity contribution in [3.8, 4) is 5.75 Å². The van der Waals surface area contributed by atoms with Crippen LogP contribution >= 0.6 is 0 Å². The summed E-state index contributed by atoms with van der Waals surface area (Å²) >= 11 is 0. The molecule has 0 fully saturated rings. The molecule has 0 saturated carbocycles. The summed E-state index contributed by atoms with van der Waals surface area (Å²) in [6.07, 6.45) is 0. The van der Waals surface area contributed by atoms with Crippen LogP contribution in [0.25, 0.3) is 0 Å². The molecule has 156 valence electrons. The number of anilines is 2. The lowest BCUT2D eigenvalue weighted by atomic mass is 10.1. The number of ether oxygens (including phenoxy) is 1. The molecule has 0 aromatic heterocycles. The van der Waals surface area contributed by atoms with Gasteiger partial charge in [0.05, 0.1) is 17.7 Å². The first-order valence-corrected chi connectivity index (χ1v) is 10.8. The number of amides is 1. The standard InChI is InChI=1S/C23H24N2O4S/c1-17-13-18(2)15-20(14-17)25(30(27,28)22-7-5-4-6-8-22)16-23(26)24-19-9-11-21(29-3)12-10-19/h4-15H,16H2,1-3H3,(H,24,26). The highest BCUT2D eigenvalue weighted by atomic mass is 32.2. The summed E-state index contributed by atoms with van der Waals surface area (Å²) in [7, 11) is -2.37. The second kappa shape index (κ2) is 9.00. The van der Waals surface area contributed by atoms with Gasteiger partial charge in [0.25, 0.3) is 10.0 Å². The smallest absolute Gasteiger partial charge is 0.264 e. The summed E-state index contributed by atoms with van der Waals surface area (Å²) in [5.74, 6) is 0.218. The Bertz CT molecular complexity index is 1110. The fourth-order valence-electron chi connectivity index (χ4n) is 3.13. The maximum Gasteiger partial charge on any atom is 0.264 e. The van der Waals surface area contributed by atoms with Gasteiger partial charge in [-0.05, 0) is 73.5 Å². The molecule has 0 aliphatic heterocycles. The zero-order valence-corrected chi connectivity index (χ0v) is 17.9. The van der Waals surface area contributed by atoms with Crippen LogP contribution in [0.1, 0.15) is 11.1 Å². The number of benzene rings is 3. The normalized spacial score (nSPS) is 11.0. The number of carbonyl (C=O) groups excluding carboxylic acids is 1. The Morgan fingerprint density at radius 3 is 2.10 bits per heavy atom. The third kappa shape index (κ3) is 4.99. The number of rotatable bonds is 7. The highest BCUT2D eigenvalue weighted by Crippen LogP contribution is 2.26. The fourth-order valence-corrected chi connectivity index (χ4v) is 4.56. The Hall–Kier alpha value is -3.32. The SMILES string of the molecule is COc1ccc(NC(=O)CN(c2cc(C)cc(C)c2)S(=O)(=O)c2ccccc2)cc1. The lowest BCUT2D eigenvalue weighted by Crippen LogP contribution is -2.38. The predicted octanol–water partition coefficient (Wildman–Crippen LogP) is 4.15. The van der Waals surface area contributed by atoms with Gasteiger partial charge >= 0.3 is 0 Å². The van der Waals surface area contributed by atoms with Crippen LogP contribution in [-0.2, 0) is 14.8 Å². The highest BCUT2D eigenvalue weighted by Gasteiger charge is 2.27. The molecule has 0 aliphatic rings. The molecule has 0 saturated heterocycles. The largest absolute Gasteiger partial charge is 0.497 e. The molecule has 0 unspecified atom stereocenters. The van der Waals surface area contributed by atoms with Crippen LogP contribution in [0.2, 0.25) is 0 Å². The van der Waals surface area contributed by atoms with Crippen molar-refractivity contribution >= 4 is 27.3 Å². The van der Waals surface area contributed by atoms with Crippen LogP contribution in [0.3, 0.4) is 0 Å². The lowest BCUT2D eigenvalue weighted by Gasteiger charge is -2.25. The van der Waals surface area contributed by atoms with Crippen molar-refractivity contribution in [2.75, 3.05) is 23.3 Å². The van der Waals surface area contributed by atoms with Gasteiger partial charge < -0.3 is 10.1 Å². The van der Waals surface area contributed by atoms with E-state index >= 15 is 0 Å². The molecule has 0 heterocycles. The Morgan fingerprint density at radius 2 is 1.53 bits per heavy atom. The van der Waals surface area contributed by atoms with Gasteiger partial charge in [-0.2, -0.15) is 0 Å². The van der Waals surface area contributed by atoms with E-state index in [1.54, 1.807) is 61.7 Å². The Balaban J connectivity index is 1.93. The van der Waals surface area contributed by atoms with Crippen molar-refractivity contribution in [3.05, 3.63) is 83.9 Å². The number of hydrogen-bond acceptors (Lipinski definition) is 4. The molecule has 6 nitrogen and oxygen atoms in total. The van der Waals surface area contributed by atoms with Gasteiger partial charge in [-0.15, -0.1) is 0 Å². The van der Waals surface area contributed by atoms with Crippen LogP contribution in [0.4, 0.5) is 11.4 Å². The molecule has 1 N–H and O–H groups in total. The van der Waals surface area contributed by atoms with Crippen molar-refractivity contribution < 1.29 is 17.9 Å². The molecule has 1 amide bonds. The summed E-state index contributed by atoms with van der Waals surface area (Å²) in [5, 5.41) is 2.75. The van der Waals surface area contributed by atoms with Crippen molar-refractivity contribution in [3.63, 3.8) is 0 Å². The molecule has 0 radical (unpaired) electrons. The minimum Gasteiger partial charge on any atom is -0.497 e. The molecule has 30 heavy (non-hydrogen) atoms. The number of hydrogen-bond donors (Lipinski definition) is 1. The molecule has 0 aliphatic carbocycles. The second-order valence-corrected chi connectivity index (χ2v) is 8.81. The monoisotopic (exact) mass is 424 g/mol. The Labute approximate surface area is 177 Å². The molecule has 0 atom stereocenters. The van der Waals surface area contributed by atoms with E-state index in [-0.39, 0.29) is 11.4 Å². The zero-order chi connectivity index (χ0) is 21.7. The predicted molar refractivity (Wildman–Crippen MR) is 119 cm³/mol. The van der Waals surface area contributed by atoms with E-state index in [4.69, 9.17) is 4.74 Å². The quantitative estimate of drug-likeness (QED) is 0.618. The minimum atomic E-state index is -3.93. The average Bonchev–Trinajstić information content (AvgIpc) is 2.72. The number of nitrogens with zero attached hydrogens (tertiary/aromatic N) is 1. The van der Waals surface area contributed by atoms with Crippen LogP contribution < -0.4 is 14.4 Å². The van der Waals surface area contributed by atoms with Crippen LogP contribution in [0.15, 0.2) is 77.7 Å². The molecule has 7 heteroatoms. The third-order valence-corrected chi connectivity index (χ3v) is 6.27. The van der Waals surface area contributed by atoms with Crippen molar-refractivity contribution in [1.82, 2.24) is 0 Å². The summed E-state index contributed by atoms with van der Waals surface area (Å²) in [6.45, 7) is 3.43. The van der Waals surface area contributed by atoms with E-state index in [1.807, 2.05) is 19.9 Å². The van der Waals surface area contributed by atoms with E-state index in [0.29, 0.717) is 17.1 Å². The van der Waals surface area contributed by atoms with E-state index < -0.39 is 15.9 Å². The van der Waals surface area contributed by atoms with E-state index in [9.17, 15) is 13.2 Å². The zero-order valence-electron chi connectivity index (χ0n) is 17.1. The maximum absolute atomic E-state index is 13.4. The van der Waals surface area contributed by atoms with Gasteiger partial charge in [-0.1, -0.05) is 24.3 Å². The van der Waals surface area contributed by atoms with Crippen LogP contribution in [0.5, 0.6) is 5.75 Å². The Kier molecular flexibility index (Phi) is 6.42. The van der Waals surface area contributed by atoms with Crippen molar-refractivity contribution in [2.24, 2.45) is 0 Å². The highest BCUT2D eigenvalue weighted by molar-refractivity contribution is 7.92. The molecular weight excluding hydrogens is 400 g/mol. The molecule has 3 aromatic carbocycles. The minimum absolute atomic E-state index is 0.126. The summed E-state index contributed by atoms with van der Waals surface area (Å²) < 4.78 is 33.0. The summed E-state index contributed by atoms with van der Waals surface area (Å²) in [6, 6.07) is 20.4. The van der Waals surface area contributed by atoms with Gasteiger partial charge in [0.2, 0.25) is 5.91 Å². The molecule has 0 bridgehead atoms. The van der Waals surface area contributed by atoms with Gasteiger partial charge in [0, 0.05) is 5.69 Å². The molecular formula is C23H24N2O4S. The summed E-state index contributed by atoms with van der Waals surface area (Å²) in [4.78, 5) is 12.9.